The van der Waals surface area contributed by atoms with E-state index in [1.165, 1.54) is 12.1 Å². The number of fused-ring (bicyclic) bond motifs is 1. The third-order valence-electron chi connectivity index (χ3n) is 2.98. The summed E-state index contributed by atoms with van der Waals surface area (Å²) in [6, 6.07) is 9.25. The molecule has 0 aliphatic carbocycles. The molecule has 0 radical (unpaired) electrons. The van der Waals surface area contributed by atoms with E-state index in [2.05, 4.69) is 20.9 Å². The second-order valence-corrected chi connectivity index (χ2v) is 5.08. The molecule has 0 amide bonds. The number of imidazole rings is 1. The summed E-state index contributed by atoms with van der Waals surface area (Å²) < 4.78 is 15.3. The van der Waals surface area contributed by atoms with E-state index in [0.29, 0.717) is 21.2 Å². The van der Waals surface area contributed by atoms with Crippen molar-refractivity contribution in [2.45, 2.75) is 0 Å². The van der Waals surface area contributed by atoms with Crippen molar-refractivity contribution in [2.75, 3.05) is 0 Å². The Kier molecular flexibility index (Phi) is 3.02. The summed E-state index contributed by atoms with van der Waals surface area (Å²) in [7, 11) is 0. The molecular formula is C14H8BrFN2O2. The van der Waals surface area contributed by atoms with Gasteiger partial charge >= 0.3 is 5.97 Å². The highest BCUT2D eigenvalue weighted by molar-refractivity contribution is 9.10. The fourth-order valence-electron chi connectivity index (χ4n) is 1.98. The van der Waals surface area contributed by atoms with Crippen molar-refractivity contribution in [3.63, 3.8) is 0 Å². The van der Waals surface area contributed by atoms with Crippen LogP contribution in [0.3, 0.4) is 0 Å². The summed E-state index contributed by atoms with van der Waals surface area (Å²) in [5, 5.41) is 9.04. The smallest absolute Gasteiger partial charge is 0.335 e. The summed E-state index contributed by atoms with van der Waals surface area (Å²) in [6.07, 6.45) is 1.58. The van der Waals surface area contributed by atoms with Gasteiger partial charge < -0.3 is 5.11 Å². The first-order valence-electron chi connectivity index (χ1n) is 5.72. The number of benzene rings is 2. The topological polar surface area (TPSA) is 55.1 Å². The zero-order valence-corrected chi connectivity index (χ0v) is 11.6. The molecule has 4 nitrogen and oxygen atoms in total. The van der Waals surface area contributed by atoms with Gasteiger partial charge in [-0.2, -0.15) is 0 Å². The molecule has 0 aliphatic rings. The Hall–Kier alpha value is -2.21. The van der Waals surface area contributed by atoms with Crippen molar-refractivity contribution < 1.29 is 14.3 Å². The van der Waals surface area contributed by atoms with Crippen molar-refractivity contribution >= 4 is 32.9 Å². The van der Waals surface area contributed by atoms with E-state index in [0.717, 1.165) is 0 Å². The number of carbonyl (C=O) groups is 1. The fraction of sp³-hybridized carbons (Fsp3) is 0. The molecule has 0 saturated carbocycles. The average Bonchev–Trinajstić information content (AvgIpc) is 2.84. The number of nitrogens with zero attached hydrogens (tertiary/aromatic N) is 2. The van der Waals surface area contributed by atoms with Gasteiger partial charge in [0, 0.05) is 5.69 Å². The van der Waals surface area contributed by atoms with E-state index in [1.807, 2.05) is 0 Å². The predicted octanol–water partition coefficient (Wildman–Crippen LogP) is 3.63. The average molecular weight is 335 g/mol. The van der Waals surface area contributed by atoms with E-state index in [9.17, 15) is 9.18 Å². The Balaban J connectivity index is 2.22. The molecule has 100 valence electrons. The molecule has 0 unspecified atom stereocenters. The Morgan fingerprint density at radius 1 is 1.25 bits per heavy atom. The zero-order valence-electron chi connectivity index (χ0n) is 10.0. The third kappa shape index (κ3) is 2.08. The van der Waals surface area contributed by atoms with E-state index in [4.69, 9.17) is 5.11 Å². The number of rotatable bonds is 2. The largest absolute Gasteiger partial charge is 0.478 e. The maximum Gasteiger partial charge on any atom is 0.335 e. The van der Waals surface area contributed by atoms with Gasteiger partial charge in [0.1, 0.15) is 12.1 Å². The van der Waals surface area contributed by atoms with Gasteiger partial charge in [0.15, 0.2) is 0 Å². The van der Waals surface area contributed by atoms with Gasteiger partial charge in [-0.15, -0.1) is 0 Å². The summed E-state index contributed by atoms with van der Waals surface area (Å²) in [5.74, 6) is -1.36. The van der Waals surface area contributed by atoms with Crippen LogP contribution in [0.4, 0.5) is 4.39 Å². The number of halogens is 2. The number of carboxylic acids is 1. The van der Waals surface area contributed by atoms with Crippen LogP contribution in [0.5, 0.6) is 0 Å². The second-order valence-electron chi connectivity index (χ2n) is 4.22. The molecule has 1 N–H and O–H groups in total. The van der Waals surface area contributed by atoms with Crippen molar-refractivity contribution in [3.8, 4) is 5.69 Å². The molecule has 0 bridgehead atoms. The molecule has 0 aliphatic heterocycles. The SMILES string of the molecule is O=C(O)c1ccc2ncn(-c3ccc(F)c(Br)c3)c2c1. The van der Waals surface area contributed by atoms with Crippen LogP contribution in [0.2, 0.25) is 0 Å². The minimum Gasteiger partial charge on any atom is -0.478 e. The van der Waals surface area contributed by atoms with Gasteiger partial charge in [0.25, 0.3) is 0 Å². The Labute approximate surface area is 121 Å². The first-order chi connectivity index (χ1) is 9.56. The molecular weight excluding hydrogens is 327 g/mol. The van der Waals surface area contributed by atoms with Crippen LogP contribution in [-0.2, 0) is 0 Å². The van der Waals surface area contributed by atoms with Gasteiger partial charge in [-0.05, 0) is 52.3 Å². The third-order valence-corrected chi connectivity index (χ3v) is 3.58. The number of hydrogen-bond acceptors (Lipinski definition) is 2. The summed E-state index contributed by atoms with van der Waals surface area (Å²) in [5.41, 5.74) is 2.21. The molecule has 6 heteroatoms. The van der Waals surface area contributed by atoms with E-state index in [1.54, 1.807) is 35.2 Å². The van der Waals surface area contributed by atoms with Crippen LogP contribution in [0.1, 0.15) is 10.4 Å². The molecule has 0 saturated heterocycles. The predicted molar refractivity (Wildman–Crippen MR) is 75.7 cm³/mol. The van der Waals surface area contributed by atoms with Crippen LogP contribution in [0.25, 0.3) is 16.7 Å². The molecule has 1 heterocycles. The van der Waals surface area contributed by atoms with Crippen molar-refractivity contribution in [1.82, 2.24) is 9.55 Å². The minimum atomic E-state index is -1.00. The van der Waals surface area contributed by atoms with E-state index in [-0.39, 0.29) is 11.4 Å². The molecule has 0 fully saturated rings. The maximum absolute atomic E-state index is 13.3. The lowest BCUT2D eigenvalue weighted by molar-refractivity contribution is 0.0697. The quantitative estimate of drug-likeness (QED) is 0.778. The van der Waals surface area contributed by atoms with Gasteiger partial charge in [-0.3, -0.25) is 4.57 Å². The monoisotopic (exact) mass is 334 g/mol. The zero-order chi connectivity index (χ0) is 14.3. The number of carboxylic acid groups (broad SMARTS) is 1. The van der Waals surface area contributed by atoms with Gasteiger partial charge in [-0.25, -0.2) is 14.2 Å². The normalized spacial score (nSPS) is 10.9. The molecule has 3 aromatic rings. The first-order valence-corrected chi connectivity index (χ1v) is 6.51. The highest BCUT2D eigenvalue weighted by Crippen LogP contribution is 2.23. The number of hydrogen-bond donors (Lipinski definition) is 1. The molecule has 0 atom stereocenters. The molecule has 1 aromatic heterocycles. The van der Waals surface area contributed by atoms with E-state index >= 15 is 0 Å². The summed E-state index contributed by atoms with van der Waals surface area (Å²) >= 11 is 3.13. The van der Waals surface area contributed by atoms with Crippen molar-refractivity contribution in [1.29, 1.82) is 0 Å². The van der Waals surface area contributed by atoms with Crippen LogP contribution >= 0.6 is 15.9 Å². The van der Waals surface area contributed by atoms with Crippen LogP contribution in [-0.4, -0.2) is 20.6 Å². The van der Waals surface area contributed by atoms with Crippen molar-refractivity contribution in [2.24, 2.45) is 0 Å². The molecule has 2 aromatic carbocycles. The lowest BCUT2D eigenvalue weighted by atomic mass is 10.2. The van der Waals surface area contributed by atoms with Crippen molar-refractivity contribution in [3.05, 3.63) is 58.6 Å². The Morgan fingerprint density at radius 3 is 2.75 bits per heavy atom. The van der Waals surface area contributed by atoms with Gasteiger partial charge in [0.2, 0.25) is 0 Å². The highest BCUT2D eigenvalue weighted by Gasteiger charge is 2.10. The summed E-state index contributed by atoms with van der Waals surface area (Å²) in [4.78, 5) is 15.2. The summed E-state index contributed by atoms with van der Waals surface area (Å²) in [6.45, 7) is 0. The van der Waals surface area contributed by atoms with Gasteiger partial charge in [-0.1, -0.05) is 0 Å². The minimum absolute atomic E-state index is 0.181. The number of aromatic carboxylic acids is 1. The number of aromatic nitrogens is 2. The molecule has 20 heavy (non-hydrogen) atoms. The fourth-order valence-corrected chi connectivity index (χ4v) is 2.35. The Morgan fingerprint density at radius 2 is 2.05 bits per heavy atom. The lowest BCUT2D eigenvalue weighted by Gasteiger charge is -2.06. The first kappa shape index (κ1) is 12.8. The molecule has 0 spiro atoms. The lowest BCUT2D eigenvalue weighted by Crippen LogP contribution is -1.97. The highest BCUT2D eigenvalue weighted by atomic mass is 79.9. The van der Waals surface area contributed by atoms with Crippen LogP contribution < -0.4 is 0 Å². The van der Waals surface area contributed by atoms with Gasteiger partial charge in [0.05, 0.1) is 21.1 Å². The molecule has 3 rings (SSSR count). The van der Waals surface area contributed by atoms with E-state index < -0.39 is 5.97 Å². The van der Waals surface area contributed by atoms with Crippen LogP contribution in [0, 0.1) is 5.82 Å². The maximum atomic E-state index is 13.3. The Bertz CT molecular complexity index is 829. The second kappa shape index (κ2) is 4.72. The standard InChI is InChI=1S/C14H8BrFN2O2/c15-10-6-9(2-3-11(10)16)18-7-17-12-4-1-8(14(19)20)5-13(12)18/h1-7H,(H,19,20). The van der Waals surface area contributed by atoms with Crippen LogP contribution in [0.15, 0.2) is 47.2 Å².